The van der Waals surface area contributed by atoms with Gasteiger partial charge >= 0.3 is 0 Å². The molecule has 1 saturated heterocycles. The molecule has 0 amide bonds. The lowest BCUT2D eigenvalue weighted by Gasteiger charge is -2.21. The Morgan fingerprint density at radius 1 is 0.838 bits per heavy atom. The van der Waals surface area contributed by atoms with Crippen LogP contribution in [0.15, 0.2) is 85.2 Å². The molecule has 1 aliphatic heterocycles. The van der Waals surface area contributed by atoms with E-state index >= 15 is 0 Å². The highest BCUT2D eigenvalue weighted by Crippen LogP contribution is 2.37. The van der Waals surface area contributed by atoms with E-state index < -0.39 is 0 Å². The van der Waals surface area contributed by atoms with E-state index in [4.69, 9.17) is 14.7 Å². The van der Waals surface area contributed by atoms with Crippen LogP contribution in [0.5, 0.6) is 5.75 Å². The molecule has 0 bridgehead atoms. The van der Waals surface area contributed by atoms with Crippen molar-refractivity contribution in [3.05, 3.63) is 102 Å². The van der Waals surface area contributed by atoms with Crippen molar-refractivity contribution in [1.82, 2.24) is 15.0 Å². The molecule has 3 aromatic carbocycles. The summed E-state index contributed by atoms with van der Waals surface area (Å²) in [7, 11) is 1.70. The molecule has 0 radical (unpaired) electrons. The van der Waals surface area contributed by atoms with Crippen LogP contribution in [0.1, 0.15) is 29.0 Å². The van der Waals surface area contributed by atoms with E-state index in [2.05, 4.69) is 72.3 Å². The SMILES string of the molecule is COc1cccc(-c2ccc3nc(-c4cccnc4)nc(N4CCC(c5ccc(C)c(C)c5)C4)c3c2)c1. The van der Waals surface area contributed by atoms with E-state index in [1.165, 1.54) is 16.7 Å². The number of fused-ring (bicyclic) bond motifs is 1. The van der Waals surface area contributed by atoms with Gasteiger partial charge in [0, 0.05) is 42.4 Å². The number of methoxy groups -OCH3 is 1. The number of nitrogens with zero attached hydrogens (tertiary/aromatic N) is 4. The number of aromatic nitrogens is 3. The van der Waals surface area contributed by atoms with Gasteiger partial charge in [0.1, 0.15) is 11.6 Å². The summed E-state index contributed by atoms with van der Waals surface area (Å²) in [5, 5.41) is 1.06. The minimum atomic E-state index is 0.479. The minimum Gasteiger partial charge on any atom is -0.497 e. The summed E-state index contributed by atoms with van der Waals surface area (Å²) in [6.07, 6.45) is 4.71. The standard InChI is InChI=1S/C32H30N4O/c1-21-9-10-24(16-22(21)2)27-13-15-36(20-27)32-29-18-25(23-6-4-8-28(17-23)37-3)11-12-30(29)34-31(35-32)26-7-5-14-33-19-26/h4-12,14,16-19,27H,13,15,20H2,1-3H3. The summed E-state index contributed by atoms with van der Waals surface area (Å²) in [5.41, 5.74) is 8.19. The van der Waals surface area contributed by atoms with Gasteiger partial charge in [-0.25, -0.2) is 9.97 Å². The molecule has 5 heteroatoms. The molecule has 1 fully saturated rings. The molecule has 1 atom stereocenters. The Hall–Kier alpha value is -4.25. The van der Waals surface area contributed by atoms with E-state index in [1.54, 1.807) is 13.3 Å². The maximum absolute atomic E-state index is 5.46. The molecule has 5 aromatic rings. The van der Waals surface area contributed by atoms with Crippen LogP contribution in [-0.2, 0) is 0 Å². The molecule has 3 heterocycles. The van der Waals surface area contributed by atoms with Crippen LogP contribution in [0.4, 0.5) is 5.82 Å². The smallest absolute Gasteiger partial charge is 0.163 e. The van der Waals surface area contributed by atoms with Crippen LogP contribution in [0.25, 0.3) is 33.4 Å². The Labute approximate surface area is 217 Å². The summed E-state index contributed by atoms with van der Waals surface area (Å²) >= 11 is 0. The van der Waals surface area contributed by atoms with E-state index in [1.807, 2.05) is 30.5 Å². The lowest BCUT2D eigenvalue weighted by molar-refractivity contribution is 0.415. The zero-order valence-electron chi connectivity index (χ0n) is 21.5. The Morgan fingerprint density at radius 3 is 2.51 bits per heavy atom. The number of ether oxygens (including phenoxy) is 1. The van der Waals surface area contributed by atoms with Crippen molar-refractivity contribution in [2.45, 2.75) is 26.2 Å². The third kappa shape index (κ3) is 4.53. The molecule has 0 N–H and O–H groups in total. The predicted molar refractivity (Wildman–Crippen MR) is 150 cm³/mol. The van der Waals surface area contributed by atoms with E-state index in [9.17, 15) is 0 Å². The maximum atomic E-state index is 5.46. The molecule has 0 aliphatic carbocycles. The third-order valence-electron chi connectivity index (χ3n) is 7.49. The summed E-state index contributed by atoms with van der Waals surface area (Å²) in [6.45, 7) is 6.26. The van der Waals surface area contributed by atoms with Gasteiger partial charge in [0.05, 0.1) is 12.6 Å². The van der Waals surface area contributed by atoms with Crippen molar-refractivity contribution in [3.63, 3.8) is 0 Å². The number of rotatable bonds is 5. The molecule has 0 saturated carbocycles. The van der Waals surface area contributed by atoms with E-state index in [0.29, 0.717) is 11.7 Å². The van der Waals surface area contributed by atoms with Crippen molar-refractivity contribution in [2.24, 2.45) is 0 Å². The Kier molecular flexibility index (Phi) is 6.05. The molecule has 6 rings (SSSR count). The molecule has 184 valence electrons. The van der Waals surface area contributed by atoms with Crippen LogP contribution in [0.3, 0.4) is 0 Å². The zero-order valence-corrected chi connectivity index (χ0v) is 21.5. The van der Waals surface area contributed by atoms with E-state index in [-0.39, 0.29) is 0 Å². The summed E-state index contributed by atoms with van der Waals surface area (Å²) < 4.78 is 5.46. The first-order chi connectivity index (χ1) is 18.1. The van der Waals surface area contributed by atoms with Gasteiger partial charge in [-0.15, -0.1) is 0 Å². The van der Waals surface area contributed by atoms with Gasteiger partial charge in [-0.05, 0) is 84.5 Å². The van der Waals surface area contributed by atoms with Gasteiger partial charge in [-0.3, -0.25) is 4.98 Å². The molecule has 37 heavy (non-hydrogen) atoms. The second-order valence-electron chi connectivity index (χ2n) is 9.85. The summed E-state index contributed by atoms with van der Waals surface area (Å²) in [4.78, 5) is 16.8. The predicted octanol–water partition coefficient (Wildman–Crippen LogP) is 6.98. The van der Waals surface area contributed by atoms with Crippen molar-refractivity contribution in [3.8, 4) is 28.3 Å². The molecule has 0 spiro atoms. The number of pyridine rings is 1. The Bertz CT molecular complexity index is 1580. The molecule has 2 aromatic heterocycles. The lowest BCUT2D eigenvalue weighted by atomic mass is 9.95. The highest BCUT2D eigenvalue weighted by atomic mass is 16.5. The van der Waals surface area contributed by atoms with E-state index in [0.717, 1.165) is 58.7 Å². The van der Waals surface area contributed by atoms with Crippen LogP contribution >= 0.6 is 0 Å². The quantitative estimate of drug-likeness (QED) is 0.268. The summed E-state index contributed by atoms with van der Waals surface area (Å²) in [6, 6.07) is 25.5. The highest BCUT2D eigenvalue weighted by molar-refractivity contribution is 5.94. The third-order valence-corrected chi connectivity index (χ3v) is 7.49. The molecule has 1 aliphatic rings. The second-order valence-corrected chi connectivity index (χ2v) is 9.85. The monoisotopic (exact) mass is 486 g/mol. The fraction of sp³-hybridized carbons (Fsp3) is 0.219. The molecular formula is C32H30N4O. The number of anilines is 1. The molecule has 5 nitrogen and oxygen atoms in total. The first kappa shape index (κ1) is 23.2. The minimum absolute atomic E-state index is 0.479. The van der Waals surface area contributed by atoms with Gasteiger partial charge in [-0.1, -0.05) is 36.4 Å². The second kappa shape index (κ2) is 9.66. The number of hydrogen-bond donors (Lipinski definition) is 0. The lowest BCUT2D eigenvalue weighted by Crippen LogP contribution is -2.21. The van der Waals surface area contributed by atoms with Crippen LogP contribution in [-0.4, -0.2) is 35.2 Å². The maximum Gasteiger partial charge on any atom is 0.163 e. The number of aryl methyl sites for hydroxylation is 2. The van der Waals surface area contributed by atoms with Gasteiger partial charge in [0.15, 0.2) is 5.82 Å². The number of hydrogen-bond acceptors (Lipinski definition) is 5. The van der Waals surface area contributed by atoms with Crippen molar-refractivity contribution in [2.75, 3.05) is 25.1 Å². The van der Waals surface area contributed by atoms with Crippen molar-refractivity contribution in [1.29, 1.82) is 0 Å². The van der Waals surface area contributed by atoms with Crippen molar-refractivity contribution < 1.29 is 4.74 Å². The Morgan fingerprint density at radius 2 is 1.70 bits per heavy atom. The summed E-state index contributed by atoms with van der Waals surface area (Å²) in [5.74, 6) is 3.02. The van der Waals surface area contributed by atoms with Gasteiger partial charge in [0.2, 0.25) is 0 Å². The van der Waals surface area contributed by atoms with Gasteiger partial charge in [-0.2, -0.15) is 0 Å². The van der Waals surface area contributed by atoms with Gasteiger partial charge < -0.3 is 9.64 Å². The topological polar surface area (TPSA) is 51.1 Å². The number of benzene rings is 3. The zero-order chi connectivity index (χ0) is 25.4. The van der Waals surface area contributed by atoms with Crippen molar-refractivity contribution >= 4 is 16.7 Å². The highest BCUT2D eigenvalue weighted by Gasteiger charge is 2.27. The van der Waals surface area contributed by atoms with Gasteiger partial charge in [0.25, 0.3) is 0 Å². The fourth-order valence-corrected chi connectivity index (χ4v) is 5.20. The molecule has 1 unspecified atom stereocenters. The largest absolute Gasteiger partial charge is 0.497 e. The Balaban J connectivity index is 1.45. The molecular weight excluding hydrogens is 456 g/mol. The van der Waals surface area contributed by atoms with Crippen LogP contribution in [0.2, 0.25) is 0 Å². The normalized spacial score (nSPS) is 15.3. The van der Waals surface area contributed by atoms with Crippen LogP contribution in [0, 0.1) is 13.8 Å². The average Bonchev–Trinajstić information content (AvgIpc) is 3.44. The fourth-order valence-electron chi connectivity index (χ4n) is 5.20. The average molecular weight is 487 g/mol. The first-order valence-electron chi connectivity index (χ1n) is 12.8. The van der Waals surface area contributed by atoms with Crippen LogP contribution < -0.4 is 9.64 Å². The first-order valence-corrected chi connectivity index (χ1v) is 12.8.